The van der Waals surface area contributed by atoms with Crippen LogP contribution in [0.1, 0.15) is 42.3 Å². The van der Waals surface area contributed by atoms with Crippen molar-refractivity contribution in [2.75, 3.05) is 20.3 Å². The molecule has 2 aromatic heterocycles. The van der Waals surface area contributed by atoms with Gasteiger partial charge in [-0.25, -0.2) is 9.79 Å². The molecule has 8 nitrogen and oxygen atoms in total. The van der Waals surface area contributed by atoms with Crippen molar-refractivity contribution < 1.29 is 19.0 Å². The number of thiazole rings is 1. The van der Waals surface area contributed by atoms with E-state index in [0.29, 0.717) is 46.2 Å². The Hall–Kier alpha value is -4.89. The lowest BCUT2D eigenvalue weighted by Crippen LogP contribution is -2.39. The minimum atomic E-state index is -0.753. The summed E-state index contributed by atoms with van der Waals surface area (Å²) in [5.41, 5.74) is 5.03. The summed E-state index contributed by atoms with van der Waals surface area (Å²) in [5.74, 6) is 0.577. The van der Waals surface area contributed by atoms with E-state index in [4.69, 9.17) is 14.2 Å². The highest BCUT2D eigenvalue weighted by Crippen LogP contribution is 2.35. The van der Waals surface area contributed by atoms with Gasteiger partial charge < -0.3 is 18.8 Å². The van der Waals surface area contributed by atoms with Crippen LogP contribution in [-0.2, 0) is 16.1 Å². The van der Waals surface area contributed by atoms with E-state index in [0.717, 1.165) is 22.2 Å². The number of fused-ring (bicyclic) bond motifs is 2. The minimum Gasteiger partial charge on any atom is -0.490 e. The summed E-state index contributed by atoms with van der Waals surface area (Å²) in [5, 5.41) is 1.06. The van der Waals surface area contributed by atoms with E-state index in [2.05, 4.69) is 40.7 Å². The number of benzene rings is 3. The van der Waals surface area contributed by atoms with Gasteiger partial charge in [0.25, 0.3) is 5.56 Å². The fourth-order valence-electron chi connectivity index (χ4n) is 5.73. The van der Waals surface area contributed by atoms with Crippen molar-refractivity contribution in [3.63, 3.8) is 0 Å². The molecule has 1 aliphatic rings. The van der Waals surface area contributed by atoms with E-state index >= 15 is 0 Å². The maximum absolute atomic E-state index is 14.2. The van der Waals surface area contributed by atoms with E-state index in [1.54, 1.807) is 10.6 Å². The molecule has 0 aliphatic carbocycles. The number of esters is 1. The monoisotopic (exact) mass is 607 g/mol. The van der Waals surface area contributed by atoms with Crippen molar-refractivity contribution in [3.05, 3.63) is 127 Å². The molecular weight excluding hydrogens is 574 g/mol. The maximum atomic E-state index is 14.2. The van der Waals surface area contributed by atoms with Gasteiger partial charge in [-0.15, -0.1) is 0 Å². The number of nitrogens with zero attached hydrogens (tertiary/aromatic N) is 3. The van der Waals surface area contributed by atoms with Crippen LogP contribution in [0, 0.1) is 6.92 Å². The fraction of sp³-hybridized carbons (Fsp3) is 0.229. The van der Waals surface area contributed by atoms with Crippen LogP contribution in [-0.4, -0.2) is 35.4 Å². The van der Waals surface area contributed by atoms with Crippen molar-refractivity contribution in [2.45, 2.75) is 33.4 Å². The van der Waals surface area contributed by atoms with Gasteiger partial charge in [0, 0.05) is 34.9 Å². The van der Waals surface area contributed by atoms with Crippen molar-refractivity contribution in [3.8, 4) is 11.5 Å². The summed E-state index contributed by atoms with van der Waals surface area (Å²) in [6.07, 6.45) is 3.45. The number of carbonyl (C=O) groups excluding carboxylic acids is 1. The average Bonchev–Trinajstić information content (AvgIpc) is 3.50. The minimum absolute atomic E-state index is 0.237. The highest BCUT2D eigenvalue weighted by atomic mass is 32.1. The van der Waals surface area contributed by atoms with Gasteiger partial charge in [-0.2, -0.15) is 0 Å². The van der Waals surface area contributed by atoms with Gasteiger partial charge in [-0.05, 0) is 56.2 Å². The van der Waals surface area contributed by atoms with Crippen LogP contribution in [0.25, 0.3) is 17.0 Å². The molecule has 0 saturated carbocycles. The van der Waals surface area contributed by atoms with Gasteiger partial charge in [0.1, 0.15) is 0 Å². The first kappa shape index (κ1) is 29.2. The highest BCUT2D eigenvalue weighted by molar-refractivity contribution is 7.07. The lowest BCUT2D eigenvalue weighted by Gasteiger charge is -2.23. The van der Waals surface area contributed by atoms with Gasteiger partial charge in [0.15, 0.2) is 16.3 Å². The van der Waals surface area contributed by atoms with Gasteiger partial charge in [-0.1, -0.05) is 65.9 Å². The number of hydrogen-bond donors (Lipinski definition) is 0. The third-order valence-electron chi connectivity index (χ3n) is 7.75. The Kier molecular flexibility index (Phi) is 8.21. The molecular formula is C35H33N3O5S. The first-order valence-corrected chi connectivity index (χ1v) is 15.4. The van der Waals surface area contributed by atoms with Crippen LogP contribution in [0.15, 0.2) is 94.4 Å². The second kappa shape index (κ2) is 12.4. The van der Waals surface area contributed by atoms with Crippen LogP contribution in [0.4, 0.5) is 0 Å². The van der Waals surface area contributed by atoms with Gasteiger partial charge in [0.05, 0.1) is 36.5 Å². The molecule has 0 N–H and O–H groups in total. The first-order chi connectivity index (χ1) is 21.4. The molecule has 1 aliphatic heterocycles. The zero-order chi connectivity index (χ0) is 30.8. The van der Waals surface area contributed by atoms with Crippen molar-refractivity contribution in [1.29, 1.82) is 0 Å². The topological polar surface area (TPSA) is 84.0 Å². The molecule has 0 amide bonds. The molecule has 0 unspecified atom stereocenters. The number of hydrogen-bond acceptors (Lipinski definition) is 7. The molecule has 0 spiro atoms. The van der Waals surface area contributed by atoms with Crippen LogP contribution in [0.2, 0.25) is 0 Å². The fourth-order valence-corrected chi connectivity index (χ4v) is 6.68. The summed E-state index contributed by atoms with van der Waals surface area (Å²) >= 11 is 1.30. The van der Waals surface area contributed by atoms with Crippen LogP contribution in [0.3, 0.4) is 0 Å². The molecule has 0 saturated heterocycles. The van der Waals surface area contributed by atoms with Crippen LogP contribution >= 0.6 is 11.3 Å². The third-order valence-corrected chi connectivity index (χ3v) is 8.74. The Morgan fingerprint density at radius 3 is 2.45 bits per heavy atom. The Balaban J connectivity index is 1.52. The number of carbonyl (C=O) groups is 1. The highest BCUT2D eigenvalue weighted by Gasteiger charge is 2.31. The quantitative estimate of drug-likeness (QED) is 0.217. The Morgan fingerprint density at radius 1 is 0.977 bits per heavy atom. The molecule has 6 rings (SSSR count). The predicted octanol–water partition coefficient (Wildman–Crippen LogP) is 5.13. The van der Waals surface area contributed by atoms with E-state index in [1.165, 1.54) is 30.2 Å². The first-order valence-electron chi connectivity index (χ1n) is 14.6. The molecule has 3 aromatic carbocycles. The normalized spacial score (nSPS) is 14.6. The van der Waals surface area contributed by atoms with E-state index in [1.807, 2.05) is 62.4 Å². The molecule has 224 valence electrons. The Morgan fingerprint density at radius 2 is 1.70 bits per heavy atom. The van der Waals surface area contributed by atoms with Gasteiger partial charge in [-0.3, -0.25) is 9.36 Å². The summed E-state index contributed by atoms with van der Waals surface area (Å²) in [6.45, 7) is 7.50. The van der Waals surface area contributed by atoms with E-state index in [-0.39, 0.29) is 11.1 Å². The number of methoxy groups -OCH3 is 1. The zero-order valence-electron chi connectivity index (χ0n) is 25.1. The Bertz CT molecular complexity index is 2070. The van der Waals surface area contributed by atoms with Crippen molar-refractivity contribution in [1.82, 2.24) is 9.13 Å². The summed E-state index contributed by atoms with van der Waals surface area (Å²) in [7, 11) is 1.32. The second-order valence-electron chi connectivity index (χ2n) is 10.3. The zero-order valence-corrected chi connectivity index (χ0v) is 25.9. The standard InChI is InChI=1S/C35H33N3O5S/c1-5-42-29-17-16-24(18-30(29)43-6-2)32-27(34(40)41-4)20-36-35-38(32)33(39)31(44-35)19-26-22(3)37(21-23-12-8-7-9-13-23)28-15-11-10-14-25(26)28/h7-20,32H,5-6,21H2,1-4H3/b31-19-/t32-/m0/s1. The summed E-state index contributed by atoms with van der Waals surface area (Å²) in [6, 6.07) is 23.3. The second-order valence-corrected chi connectivity index (χ2v) is 11.3. The van der Waals surface area contributed by atoms with Crippen molar-refractivity contribution >= 4 is 34.3 Å². The van der Waals surface area contributed by atoms with Gasteiger partial charge in [0.2, 0.25) is 0 Å². The van der Waals surface area contributed by atoms with E-state index in [9.17, 15) is 9.59 Å². The van der Waals surface area contributed by atoms with Crippen molar-refractivity contribution in [2.24, 2.45) is 4.99 Å². The molecule has 3 heterocycles. The molecule has 0 fully saturated rings. The Labute approximate surface area is 258 Å². The largest absolute Gasteiger partial charge is 0.490 e. The molecule has 44 heavy (non-hydrogen) atoms. The number of ether oxygens (including phenoxy) is 3. The summed E-state index contributed by atoms with van der Waals surface area (Å²) in [4.78, 5) is 32.2. The molecule has 5 aromatic rings. The lowest BCUT2D eigenvalue weighted by atomic mass is 9.97. The number of para-hydroxylation sites is 1. The lowest BCUT2D eigenvalue weighted by molar-refractivity contribution is -0.136. The number of aromatic nitrogens is 2. The van der Waals surface area contributed by atoms with Crippen LogP contribution < -0.4 is 24.4 Å². The average molecular weight is 608 g/mol. The van der Waals surface area contributed by atoms with Gasteiger partial charge >= 0.3 is 5.97 Å². The molecule has 0 bridgehead atoms. The third kappa shape index (κ3) is 5.24. The molecule has 0 radical (unpaired) electrons. The predicted molar refractivity (Wildman–Crippen MR) is 172 cm³/mol. The SMILES string of the molecule is CCOc1ccc([C@H]2C(C(=O)OC)=CN=c3s/c(=C\c4c(C)n(Cc5ccccc5)c5ccccc45)c(=O)n32)cc1OCC. The van der Waals surface area contributed by atoms with E-state index < -0.39 is 12.0 Å². The number of rotatable bonds is 9. The summed E-state index contributed by atoms with van der Waals surface area (Å²) < 4.78 is 21.1. The van der Waals surface area contributed by atoms with Crippen LogP contribution in [0.5, 0.6) is 11.5 Å². The maximum Gasteiger partial charge on any atom is 0.337 e. The molecule has 1 atom stereocenters. The molecule has 9 heteroatoms. The smallest absolute Gasteiger partial charge is 0.337 e.